The van der Waals surface area contributed by atoms with Crippen LogP contribution in [0.1, 0.15) is 0 Å². The van der Waals surface area contributed by atoms with E-state index in [1.807, 2.05) is 30.3 Å². The lowest BCUT2D eigenvalue weighted by Gasteiger charge is -2.06. The van der Waals surface area contributed by atoms with Crippen molar-refractivity contribution in [2.45, 2.75) is 0 Å². The molecule has 0 fully saturated rings. The van der Waals surface area contributed by atoms with Gasteiger partial charge in [-0.15, -0.1) is 0 Å². The Labute approximate surface area is 132 Å². The number of esters is 1. The number of para-hydroxylation sites is 1. The number of furan rings is 1. The van der Waals surface area contributed by atoms with Crippen LogP contribution in [0.25, 0.3) is 21.9 Å². The number of hydrogen-bond donors (Lipinski definition) is 1. The average Bonchev–Trinajstić information content (AvgIpc) is 2.91. The maximum absolute atomic E-state index is 11.8. The first-order valence-corrected chi connectivity index (χ1v) is 7.03. The zero-order chi connectivity index (χ0) is 16.2. The standard InChI is InChI=1S/C17H15NO5/c1-21-10-17(20)22-9-16(19)18-11-6-7-15-13(8-11)12-4-2-3-5-14(12)23-15/h2-8H,9-10H2,1H3,(H,18,19). The number of methoxy groups -OCH3 is 1. The average molecular weight is 313 g/mol. The Morgan fingerprint density at radius 1 is 1.04 bits per heavy atom. The van der Waals surface area contributed by atoms with Crippen LogP contribution in [0.4, 0.5) is 5.69 Å². The topological polar surface area (TPSA) is 77.8 Å². The Balaban J connectivity index is 1.74. The largest absolute Gasteiger partial charge is 0.456 e. The van der Waals surface area contributed by atoms with Crippen molar-refractivity contribution in [3.63, 3.8) is 0 Å². The normalized spacial score (nSPS) is 10.8. The number of benzene rings is 2. The number of carbonyl (C=O) groups excluding carboxylic acids is 2. The molecule has 0 saturated heterocycles. The second kappa shape index (κ2) is 6.50. The summed E-state index contributed by atoms with van der Waals surface area (Å²) in [5, 5.41) is 4.58. The lowest BCUT2D eigenvalue weighted by Crippen LogP contribution is -2.22. The fraction of sp³-hybridized carbons (Fsp3) is 0.176. The van der Waals surface area contributed by atoms with Crippen molar-refractivity contribution in [1.29, 1.82) is 0 Å². The molecule has 6 heteroatoms. The van der Waals surface area contributed by atoms with Crippen LogP contribution in [-0.2, 0) is 19.1 Å². The van der Waals surface area contributed by atoms with E-state index in [2.05, 4.69) is 10.1 Å². The number of rotatable bonds is 5. The zero-order valence-corrected chi connectivity index (χ0v) is 12.5. The minimum absolute atomic E-state index is 0.180. The van der Waals surface area contributed by atoms with Gasteiger partial charge in [0.25, 0.3) is 5.91 Å². The number of carbonyl (C=O) groups is 2. The van der Waals surface area contributed by atoms with Crippen molar-refractivity contribution >= 4 is 39.5 Å². The summed E-state index contributed by atoms with van der Waals surface area (Å²) in [6, 6.07) is 13.0. The van der Waals surface area contributed by atoms with Crippen LogP contribution < -0.4 is 5.32 Å². The molecular weight excluding hydrogens is 298 g/mol. The highest BCUT2D eigenvalue weighted by Gasteiger charge is 2.10. The van der Waals surface area contributed by atoms with Crippen molar-refractivity contribution in [2.24, 2.45) is 0 Å². The summed E-state index contributed by atoms with van der Waals surface area (Å²) in [5.74, 6) is -1.000. The first-order chi connectivity index (χ1) is 11.2. The van der Waals surface area contributed by atoms with Gasteiger partial charge in [-0.2, -0.15) is 0 Å². The van der Waals surface area contributed by atoms with E-state index in [0.717, 1.165) is 21.9 Å². The predicted molar refractivity (Wildman–Crippen MR) is 85.2 cm³/mol. The molecule has 0 saturated carbocycles. The van der Waals surface area contributed by atoms with Crippen molar-refractivity contribution in [3.05, 3.63) is 42.5 Å². The Bertz CT molecular complexity index is 868. The van der Waals surface area contributed by atoms with E-state index in [4.69, 9.17) is 9.15 Å². The van der Waals surface area contributed by atoms with Crippen LogP contribution in [0.15, 0.2) is 46.9 Å². The molecule has 1 N–H and O–H groups in total. The van der Waals surface area contributed by atoms with Crippen LogP contribution in [0.5, 0.6) is 0 Å². The van der Waals surface area contributed by atoms with Crippen LogP contribution in [0, 0.1) is 0 Å². The second-order valence-electron chi connectivity index (χ2n) is 4.95. The molecule has 1 aromatic heterocycles. The van der Waals surface area contributed by atoms with E-state index in [0.29, 0.717) is 5.69 Å². The molecule has 23 heavy (non-hydrogen) atoms. The third-order valence-electron chi connectivity index (χ3n) is 3.29. The van der Waals surface area contributed by atoms with E-state index < -0.39 is 11.9 Å². The molecule has 2 aromatic carbocycles. The Morgan fingerprint density at radius 3 is 2.65 bits per heavy atom. The van der Waals surface area contributed by atoms with Crippen LogP contribution >= 0.6 is 0 Å². The van der Waals surface area contributed by atoms with Crippen molar-refractivity contribution in [1.82, 2.24) is 0 Å². The van der Waals surface area contributed by atoms with E-state index >= 15 is 0 Å². The number of ether oxygens (including phenoxy) is 2. The summed E-state index contributed by atoms with van der Waals surface area (Å²) in [5.41, 5.74) is 2.15. The molecule has 0 unspecified atom stereocenters. The molecule has 0 aliphatic rings. The monoisotopic (exact) mass is 313 g/mol. The third kappa shape index (κ3) is 3.32. The van der Waals surface area contributed by atoms with Crippen molar-refractivity contribution in [3.8, 4) is 0 Å². The number of amides is 1. The van der Waals surface area contributed by atoms with Gasteiger partial charge in [0.05, 0.1) is 0 Å². The van der Waals surface area contributed by atoms with Crippen molar-refractivity contribution < 1.29 is 23.5 Å². The molecule has 6 nitrogen and oxygen atoms in total. The fourth-order valence-corrected chi connectivity index (χ4v) is 2.31. The van der Waals surface area contributed by atoms with Crippen LogP contribution in [0.3, 0.4) is 0 Å². The van der Waals surface area contributed by atoms with Crippen molar-refractivity contribution in [2.75, 3.05) is 25.6 Å². The van der Waals surface area contributed by atoms with Gasteiger partial charge in [0.2, 0.25) is 0 Å². The second-order valence-corrected chi connectivity index (χ2v) is 4.95. The van der Waals surface area contributed by atoms with Gasteiger partial charge in [-0.3, -0.25) is 4.79 Å². The predicted octanol–water partition coefficient (Wildman–Crippen LogP) is 2.71. The van der Waals surface area contributed by atoms with Gasteiger partial charge in [0.15, 0.2) is 6.61 Å². The lowest BCUT2D eigenvalue weighted by atomic mass is 10.1. The highest BCUT2D eigenvalue weighted by molar-refractivity contribution is 6.07. The molecule has 118 valence electrons. The molecule has 3 rings (SSSR count). The Kier molecular flexibility index (Phi) is 4.25. The van der Waals surface area contributed by atoms with Crippen LogP contribution in [-0.4, -0.2) is 32.2 Å². The van der Waals surface area contributed by atoms with Gasteiger partial charge in [0, 0.05) is 23.6 Å². The fourth-order valence-electron chi connectivity index (χ4n) is 2.31. The molecule has 1 amide bonds. The molecule has 3 aromatic rings. The molecule has 0 aliphatic carbocycles. The Hall–Kier alpha value is -2.86. The van der Waals surface area contributed by atoms with Crippen LogP contribution in [0.2, 0.25) is 0 Å². The third-order valence-corrected chi connectivity index (χ3v) is 3.29. The van der Waals surface area contributed by atoms with Gasteiger partial charge < -0.3 is 19.2 Å². The highest BCUT2D eigenvalue weighted by atomic mass is 16.6. The summed E-state index contributed by atoms with van der Waals surface area (Å²) in [6.07, 6.45) is 0. The molecule has 0 aliphatic heterocycles. The van der Waals surface area contributed by atoms with E-state index in [1.165, 1.54) is 7.11 Å². The van der Waals surface area contributed by atoms with E-state index in [1.54, 1.807) is 12.1 Å². The lowest BCUT2D eigenvalue weighted by molar-refractivity contribution is -0.150. The number of anilines is 1. The quantitative estimate of drug-likeness (QED) is 0.733. The number of nitrogens with one attached hydrogen (secondary N) is 1. The smallest absolute Gasteiger partial charge is 0.332 e. The summed E-state index contributed by atoms with van der Waals surface area (Å²) < 4.78 is 15.1. The highest BCUT2D eigenvalue weighted by Crippen LogP contribution is 2.30. The van der Waals surface area contributed by atoms with Gasteiger partial charge in [0.1, 0.15) is 17.8 Å². The van der Waals surface area contributed by atoms with Gasteiger partial charge in [-0.05, 0) is 24.3 Å². The molecule has 0 bridgehead atoms. The first-order valence-electron chi connectivity index (χ1n) is 7.03. The molecule has 0 atom stereocenters. The summed E-state index contributed by atoms with van der Waals surface area (Å²) in [7, 11) is 1.38. The molecule has 0 radical (unpaired) electrons. The number of fused-ring (bicyclic) bond motifs is 3. The van der Waals surface area contributed by atoms with Gasteiger partial charge >= 0.3 is 5.97 Å². The summed E-state index contributed by atoms with van der Waals surface area (Å²) in [4.78, 5) is 23.0. The molecule has 0 spiro atoms. The minimum Gasteiger partial charge on any atom is -0.456 e. The Morgan fingerprint density at radius 2 is 1.83 bits per heavy atom. The SMILES string of the molecule is COCC(=O)OCC(=O)Nc1ccc2oc3ccccc3c2c1. The van der Waals surface area contributed by atoms with Gasteiger partial charge in [-0.25, -0.2) is 4.79 Å². The summed E-state index contributed by atoms with van der Waals surface area (Å²) >= 11 is 0. The molecule has 1 heterocycles. The molecular formula is C17H15NO5. The van der Waals surface area contributed by atoms with E-state index in [9.17, 15) is 9.59 Å². The minimum atomic E-state index is -0.584. The zero-order valence-electron chi connectivity index (χ0n) is 12.5. The number of hydrogen-bond acceptors (Lipinski definition) is 5. The first kappa shape index (κ1) is 15.1. The maximum Gasteiger partial charge on any atom is 0.332 e. The van der Waals surface area contributed by atoms with Gasteiger partial charge in [-0.1, -0.05) is 18.2 Å². The van der Waals surface area contributed by atoms with E-state index in [-0.39, 0.29) is 13.2 Å². The maximum atomic E-state index is 11.8. The summed E-state index contributed by atoms with van der Waals surface area (Å²) in [6.45, 7) is -0.535.